The maximum atomic E-state index is 11.9. The molecule has 0 saturated heterocycles. The Morgan fingerprint density at radius 2 is 2.38 bits per heavy atom. The normalized spacial score (nSPS) is 24.1. The third kappa shape index (κ3) is 2.47. The van der Waals surface area contributed by atoms with Crippen molar-refractivity contribution in [3.05, 3.63) is 28.8 Å². The first kappa shape index (κ1) is 12.1. The fourth-order valence-corrected chi connectivity index (χ4v) is 3.55. The van der Waals surface area contributed by atoms with E-state index >= 15 is 0 Å². The third-order valence-electron chi connectivity index (χ3n) is 2.83. The highest BCUT2D eigenvalue weighted by Crippen LogP contribution is 2.31. The molecule has 0 aliphatic carbocycles. The van der Waals surface area contributed by atoms with Gasteiger partial charge in [-0.15, -0.1) is 0 Å². The zero-order valence-electron chi connectivity index (χ0n) is 9.33. The molecular weight excluding hydrogens is 242 g/mol. The van der Waals surface area contributed by atoms with Crippen molar-refractivity contribution in [3.63, 3.8) is 0 Å². The van der Waals surface area contributed by atoms with Crippen LogP contribution in [0, 0.1) is 0 Å². The van der Waals surface area contributed by atoms with Gasteiger partial charge in [-0.1, -0.05) is 18.5 Å². The lowest BCUT2D eigenvalue weighted by atomic mass is 10.0. The minimum absolute atomic E-state index is 0.311. The number of halogens is 1. The molecular formula is C12H16ClNOS. The van der Waals surface area contributed by atoms with Crippen LogP contribution in [0.1, 0.15) is 31.4 Å². The number of nitrogens with one attached hydrogen (secondary N) is 1. The summed E-state index contributed by atoms with van der Waals surface area (Å²) < 4.78 is 11.9. The first-order valence-electron chi connectivity index (χ1n) is 5.63. The molecule has 1 N–H and O–H groups in total. The fourth-order valence-electron chi connectivity index (χ4n) is 2.02. The maximum absolute atomic E-state index is 11.9. The first-order valence-corrected chi connectivity index (χ1v) is 7.33. The minimum Gasteiger partial charge on any atom is -0.310 e. The first-order chi connectivity index (χ1) is 7.72. The zero-order valence-corrected chi connectivity index (χ0v) is 10.9. The van der Waals surface area contributed by atoms with Gasteiger partial charge < -0.3 is 5.32 Å². The Balaban J connectivity index is 2.30. The Kier molecular flexibility index (Phi) is 4.00. The standard InChI is InChI=1S/C12H16ClNOS/c1-2-6-14-11-5-7-16(15)12-4-3-9(13)8-10(11)12/h3-4,8,11,14H,2,5-7H2,1H3. The average Bonchev–Trinajstić information content (AvgIpc) is 2.28. The number of hydrogen-bond donors (Lipinski definition) is 1. The highest BCUT2D eigenvalue weighted by Gasteiger charge is 2.24. The predicted octanol–water partition coefficient (Wildman–Crippen LogP) is 2.89. The summed E-state index contributed by atoms with van der Waals surface area (Å²) in [7, 11) is -0.848. The van der Waals surface area contributed by atoms with Crippen LogP contribution in [0.3, 0.4) is 0 Å². The second kappa shape index (κ2) is 5.30. The Morgan fingerprint density at radius 3 is 3.12 bits per heavy atom. The Bertz CT molecular complexity index is 408. The molecule has 88 valence electrons. The molecule has 0 fully saturated rings. The molecule has 0 saturated carbocycles. The second-order valence-electron chi connectivity index (χ2n) is 4.03. The molecule has 1 aromatic carbocycles. The molecule has 0 amide bonds. The Morgan fingerprint density at radius 1 is 1.56 bits per heavy atom. The maximum Gasteiger partial charge on any atom is 0.0533 e. The molecule has 0 radical (unpaired) electrons. The molecule has 2 atom stereocenters. The van der Waals surface area contributed by atoms with Crippen LogP contribution in [0.2, 0.25) is 5.02 Å². The second-order valence-corrected chi connectivity index (χ2v) is 6.00. The van der Waals surface area contributed by atoms with E-state index < -0.39 is 10.8 Å². The molecule has 1 aromatic rings. The van der Waals surface area contributed by atoms with Crippen LogP contribution in [0.25, 0.3) is 0 Å². The molecule has 2 nitrogen and oxygen atoms in total. The lowest BCUT2D eigenvalue weighted by molar-refractivity contribution is 0.504. The summed E-state index contributed by atoms with van der Waals surface area (Å²) in [6, 6.07) is 5.97. The number of benzene rings is 1. The van der Waals surface area contributed by atoms with Crippen LogP contribution in [0.5, 0.6) is 0 Å². The van der Waals surface area contributed by atoms with Gasteiger partial charge in [-0.3, -0.25) is 4.21 Å². The van der Waals surface area contributed by atoms with Crippen LogP contribution in [0.4, 0.5) is 0 Å². The van der Waals surface area contributed by atoms with Crippen molar-refractivity contribution in [2.75, 3.05) is 12.3 Å². The van der Waals surface area contributed by atoms with Crippen LogP contribution in [0.15, 0.2) is 23.1 Å². The molecule has 0 bridgehead atoms. The van der Waals surface area contributed by atoms with Crippen LogP contribution < -0.4 is 5.32 Å². The van der Waals surface area contributed by atoms with E-state index in [0.29, 0.717) is 6.04 Å². The lowest BCUT2D eigenvalue weighted by Gasteiger charge is -2.26. The monoisotopic (exact) mass is 257 g/mol. The zero-order chi connectivity index (χ0) is 11.5. The van der Waals surface area contributed by atoms with Gasteiger partial charge in [0.25, 0.3) is 0 Å². The number of fused-ring (bicyclic) bond motifs is 1. The number of hydrogen-bond acceptors (Lipinski definition) is 2. The van der Waals surface area contributed by atoms with Crippen molar-refractivity contribution >= 4 is 22.4 Å². The van der Waals surface area contributed by atoms with Crippen molar-refractivity contribution in [2.24, 2.45) is 0 Å². The van der Waals surface area contributed by atoms with Gasteiger partial charge in [0.1, 0.15) is 0 Å². The molecule has 2 unspecified atom stereocenters. The van der Waals surface area contributed by atoms with E-state index in [0.717, 1.165) is 40.6 Å². The Hall–Kier alpha value is -0.380. The van der Waals surface area contributed by atoms with Gasteiger partial charge in [-0.2, -0.15) is 0 Å². The highest BCUT2D eigenvalue weighted by molar-refractivity contribution is 7.85. The van der Waals surface area contributed by atoms with Gasteiger partial charge in [0.2, 0.25) is 0 Å². The molecule has 4 heteroatoms. The van der Waals surface area contributed by atoms with Crippen LogP contribution >= 0.6 is 11.6 Å². The molecule has 0 aromatic heterocycles. The summed E-state index contributed by atoms with van der Waals surface area (Å²) in [5.74, 6) is 0.746. The molecule has 1 aliphatic heterocycles. The summed E-state index contributed by atoms with van der Waals surface area (Å²) >= 11 is 6.00. The van der Waals surface area contributed by atoms with Crippen LogP contribution in [-0.2, 0) is 10.8 Å². The topological polar surface area (TPSA) is 29.1 Å². The minimum atomic E-state index is -0.848. The summed E-state index contributed by atoms with van der Waals surface area (Å²) in [5.41, 5.74) is 1.12. The van der Waals surface area contributed by atoms with Crippen LogP contribution in [-0.4, -0.2) is 16.5 Å². The largest absolute Gasteiger partial charge is 0.310 e. The predicted molar refractivity (Wildman–Crippen MR) is 68.4 cm³/mol. The van der Waals surface area contributed by atoms with E-state index in [1.807, 2.05) is 18.2 Å². The van der Waals surface area contributed by atoms with E-state index in [1.54, 1.807) is 0 Å². The quantitative estimate of drug-likeness (QED) is 0.902. The summed E-state index contributed by atoms with van der Waals surface area (Å²) in [6.07, 6.45) is 2.04. The van der Waals surface area contributed by atoms with E-state index in [1.165, 1.54) is 0 Å². The van der Waals surface area contributed by atoms with Gasteiger partial charge >= 0.3 is 0 Å². The van der Waals surface area contributed by atoms with Gasteiger partial charge in [0.05, 0.1) is 10.8 Å². The smallest absolute Gasteiger partial charge is 0.0533 e. The number of rotatable bonds is 3. The summed E-state index contributed by atoms with van der Waals surface area (Å²) in [4.78, 5) is 0.948. The molecule has 1 heterocycles. The van der Waals surface area contributed by atoms with E-state index in [-0.39, 0.29) is 0 Å². The van der Waals surface area contributed by atoms with Crippen molar-refractivity contribution in [2.45, 2.75) is 30.7 Å². The van der Waals surface area contributed by atoms with Crippen molar-refractivity contribution < 1.29 is 4.21 Å². The molecule has 2 rings (SSSR count). The van der Waals surface area contributed by atoms with Crippen molar-refractivity contribution in [3.8, 4) is 0 Å². The average molecular weight is 258 g/mol. The van der Waals surface area contributed by atoms with Gasteiger partial charge in [-0.25, -0.2) is 0 Å². The SMILES string of the molecule is CCCNC1CCS(=O)c2ccc(Cl)cc21. The van der Waals surface area contributed by atoms with Crippen molar-refractivity contribution in [1.29, 1.82) is 0 Å². The fraction of sp³-hybridized carbons (Fsp3) is 0.500. The summed E-state index contributed by atoms with van der Waals surface area (Å²) in [6.45, 7) is 3.14. The molecule has 0 spiro atoms. The van der Waals surface area contributed by atoms with Gasteiger partial charge in [-0.05, 0) is 43.1 Å². The highest BCUT2D eigenvalue weighted by atomic mass is 35.5. The van der Waals surface area contributed by atoms with Gasteiger partial charge in [0, 0.05) is 21.7 Å². The molecule has 16 heavy (non-hydrogen) atoms. The van der Waals surface area contributed by atoms with Gasteiger partial charge in [0.15, 0.2) is 0 Å². The lowest BCUT2D eigenvalue weighted by Crippen LogP contribution is -2.28. The van der Waals surface area contributed by atoms with E-state index in [4.69, 9.17) is 11.6 Å². The third-order valence-corrected chi connectivity index (χ3v) is 4.53. The Labute approximate surface area is 104 Å². The summed E-state index contributed by atoms with van der Waals surface area (Å²) in [5, 5.41) is 4.21. The molecule has 1 aliphatic rings. The van der Waals surface area contributed by atoms with E-state index in [2.05, 4.69) is 12.2 Å². The van der Waals surface area contributed by atoms with E-state index in [9.17, 15) is 4.21 Å². The van der Waals surface area contributed by atoms with Crippen molar-refractivity contribution in [1.82, 2.24) is 5.32 Å².